The van der Waals surface area contributed by atoms with Crippen LogP contribution in [0.1, 0.15) is 22.3 Å². The van der Waals surface area contributed by atoms with Crippen molar-refractivity contribution in [1.82, 2.24) is 4.72 Å². The van der Waals surface area contributed by atoms with Crippen LogP contribution in [0.15, 0.2) is 41.3 Å². The standard InChI is InChI=1S/C18H22N2O3S/c1-12-8-9-13(2)16(10-12)24(22,23)19-11-17(21)20-18-14(3)6-5-7-15(18)4/h5-10,19H,11H2,1-4H3,(H,20,21). The first-order chi connectivity index (χ1) is 11.2. The molecule has 0 aliphatic carbocycles. The summed E-state index contributed by atoms with van der Waals surface area (Å²) in [4.78, 5) is 12.3. The minimum absolute atomic E-state index is 0.197. The summed E-state index contributed by atoms with van der Waals surface area (Å²) < 4.78 is 27.2. The van der Waals surface area contributed by atoms with Gasteiger partial charge >= 0.3 is 0 Å². The molecule has 2 aromatic rings. The van der Waals surface area contributed by atoms with Gasteiger partial charge in [0.15, 0.2) is 0 Å². The normalized spacial score (nSPS) is 11.3. The molecule has 5 nitrogen and oxygen atoms in total. The Kier molecular flexibility index (Phi) is 5.41. The van der Waals surface area contributed by atoms with Gasteiger partial charge in [-0.25, -0.2) is 13.1 Å². The van der Waals surface area contributed by atoms with E-state index in [9.17, 15) is 13.2 Å². The lowest BCUT2D eigenvalue weighted by Gasteiger charge is -2.13. The van der Waals surface area contributed by atoms with E-state index in [-0.39, 0.29) is 11.4 Å². The topological polar surface area (TPSA) is 75.3 Å². The molecule has 2 aromatic carbocycles. The van der Waals surface area contributed by atoms with Crippen LogP contribution in [0.5, 0.6) is 0 Å². The average Bonchev–Trinajstić information content (AvgIpc) is 2.51. The molecule has 0 saturated carbocycles. The van der Waals surface area contributed by atoms with E-state index in [1.807, 2.05) is 45.0 Å². The van der Waals surface area contributed by atoms with Crippen LogP contribution in [0.3, 0.4) is 0 Å². The van der Waals surface area contributed by atoms with Crippen LogP contribution in [0.2, 0.25) is 0 Å². The summed E-state index contributed by atoms with van der Waals surface area (Å²) in [7, 11) is -3.73. The molecule has 2 rings (SSSR count). The lowest BCUT2D eigenvalue weighted by Crippen LogP contribution is -2.33. The Bertz CT molecular complexity index is 854. The largest absolute Gasteiger partial charge is 0.324 e. The molecule has 0 atom stereocenters. The third-order valence-electron chi connectivity index (χ3n) is 3.80. The summed E-state index contributed by atoms with van der Waals surface area (Å²) in [5.74, 6) is -0.402. The number of nitrogens with one attached hydrogen (secondary N) is 2. The maximum atomic E-state index is 12.4. The number of aryl methyl sites for hydroxylation is 4. The number of amides is 1. The number of hydrogen-bond donors (Lipinski definition) is 2. The second kappa shape index (κ2) is 7.15. The second-order valence-corrected chi connectivity index (χ2v) is 7.64. The molecule has 0 unspecified atom stereocenters. The van der Waals surface area contributed by atoms with Crippen molar-refractivity contribution in [3.05, 3.63) is 58.7 Å². The van der Waals surface area contributed by atoms with E-state index < -0.39 is 15.9 Å². The minimum Gasteiger partial charge on any atom is -0.324 e. The van der Waals surface area contributed by atoms with Gasteiger partial charge in [0, 0.05) is 5.69 Å². The van der Waals surface area contributed by atoms with Crippen LogP contribution in [-0.2, 0) is 14.8 Å². The van der Waals surface area contributed by atoms with Crippen molar-refractivity contribution in [2.75, 3.05) is 11.9 Å². The van der Waals surface area contributed by atoms with Gasteiger partial charge in [0.2, 0.25) is 15.9 Å². The molecule has 6 heteroatoms. The number of carbonyl (C=O) groups is 1. The van der Waals surface area contributed by atoms with Gasteiger partial charge in [0.05, 0.1) is 11.4 Å². The van der Waals surface area contributed by atoms with Gasteiger partial charge in [-0.05, 0) is 56.0 Å². The smallest absolute Gasteiger partial charge is 0.241 e. The molecule has 0 aliphatic rings. The Morgan fingerprint density at radius 1 is 0.958 bits per heavy atom. The summed E-state index contributed by atoms with van der Waals surface area (Å²) in [5.41, 5.74) is 4.07. The van der Waals surface area contributed by atoms with Crippen molar-refractivity contribution in [3.8, 4) is 0 Å². The first kappa shape index (κ1) is 18.2. The summed E-state index contributed by atoms with van der Waals surface area (Å²) in [6.45, 7) is 7.02. The Balaban J connectivity index is 2.09. The van der Waals surface area contributed by atoms with Gasteiger partial charge in [-0.1, -0.05) is 30.3 Å². The van der Waals surface area contributed by atoms with E-state index in [4.69, 9.17) is 0 Å². The highest BCUT2D eigenvalue weighted by Crippen LogP contribution is 2.19. The molecule has 0 bridgehead atoms. The summed E-state index contributed by atoms with van der Waals surface area (Å²) in [6, 6.07) is 10.9. The first-order valence-electron chi connectivity index (χ1n) is 7.63. The second-order valence-electron chi connectivity index (χ2n) is 5.91. The summed E-state index contributed by atoms with van der Waals surface area (Å²) >= 11 is 0. The van der Waals surface area contributed by atoms with Gasteiger partial charge in [-0.15, -0.1) is 0 Å². The summed E-state index contributed by atoms with van der Waals surface area (Å²) in [5, 5.41) is 2.76. The van der Waals surface area contributed by atoms with E-state index in [0.29, 0.717) is 11.3 Å². The Hall–Kier alpha value is -2.18. The third-order valence-corrected chi connectivity index (χ3v) is 5.34. The van der Waals surface area contributed by atoms with Crippen molar-refractivity contribution < 1.29 is 13.2 Å². The fraction of sp³-hybridized carbons (Fsp3) is 0.278. The molecule has 2 N–H and O–H groups in total. The molecule has 0 aromatic heterocycles. The predicted octanol–water partition coefficient (Wildman–Crippen LogP) is 2.84. The Morgan fingerprint density at radius 3 is 2.21 bits per heavy atom. The predicted molar refractivity (Wildman–Crippen MR) is 95.7 cm³/mol. The van der Waals surface area contributed by atoms with Crippen LogP contribution < -0.4 is 10.0 Å². The van der Waals surface area contributed by atoms with Crippen molar-refractivity contribution >= 4 is 21.6 Å². The quantitative estimate of drug-likeness (QED) is 0.874. The lowest BCUT2D eigenvalue weighted by atomic mass is 10.1. The van der Waals surface area contributed by atoms with Crippen LogP contribution in [0.25, 0.3) is 0 Å². The van der Waals surface area contributed by atoms with E-state index in [1.54, 1.807) is 19.1 Å². The van der Waals surface area contributed by atoms with Crippen molar-refractivity contribution in [1.29, 1.82) is 0 Å². The molecule has 0 aliphatic heterocycles. The molecule has 0 saturated heterocycles. The van der Waals surface area contributed by atoms with Gasteiger partial charge in [0.25, 0.3) is 0 Å². The molecule has 0 radical (unpaired) electrons. The lowest BCUT2D eigenvalue weighted by molar-refractivity contribution is -0.115. The molecular weight excluding hydrogens is 324 g/mol. The van der Waals surface area contributed by atoms with Crippen LogP contribution >= 0.6 is 0 Å². The molecular formula is C18H22N2O3S. The van der Waals surface area contributed by atoms with Gasteiger partial charge in [0.1, 0.15) is 0 Å². The highest BCUT2D eigenvalue weighted by atomic mass is 32.2. The number of hydrogen-bond acceptors (Lipinski definition) is 3. The summed E-state index contributed by atoms with van der Waals surface area (Å²) in [6.07, 6.45) is 0. The fourth-order valence-electron chi connectivity index (χ4n) is 2.43. The highest BCUT2D eigenvalue weighted by molar-refractivity contribution is 7.89. The van der Waals surface area contributed by atoms with Gasteiger partial charge in [-0.2, -0.15) is 0 Å². The monoisotopic (exact) mass is 346 g/mol. The zero-order valence-electron chi connectivity index (χ0n) is 14.3. The van der Waals surface area contributed by atoms with Crippen LogP contribution in [-0.4, -0.2) is 20.9 Å². The zero-order chi connectivity index (χ0) is 17.9. The van der Waals surface area contributed by atoms with E-state index in [2.05, 4.69) is 10.0 Å². The molecule has 128 valence electrons. The molecule has 0 heterocycles. The van der Waals surface area contributed by atoms with Gasteiger partial charge < -0.3 is 5.32 Å². The van der Waals surface area contributed by atoms with Crippen LogP contribution in [0, 0.1) is 27.7 Å². The molecule has 0 fully saturated rings. The maximum Gasteiger partial charge on any atom is 0.241 e. The highest BCUT2D eigenvalue weighted by Gasteiger charge is 2.18. The Morgan fingerprint density at radius 2 is 1.58 bits per heavy atom. The van der Waals surface area contributed by atoms with E-state index in [0.717, 1.165) is 16.7 Å². The van der Waals surface area contributed by atoms with E-state index in [1.165, 1.54) is 0 Å². The molecule has 0 spiro atoms. The number of anilines is 1. The Labute approximate surface area is 143 Å². The number of carbonyl (C=O) groups excluding carboxylic acids is 1. The first-order valence-corrected chi connectivity index (χ1v) is 9.12. The average molecular weight is 346 g/mol. The van der Waals surface area contributed by atoms with Crippen molar-refractivity contribution in [3.63, 3.8) is 0 Å². The third kappa shape index (κ3) is 4.21. The van der Waals surface area contributed by atoms with Crippen LogP contribution in [0.4, 0.5) is 5.69 Å². The molecule has 1 amide bonds. The maximum absolute atomic E-state index is 12.4. The van der Waals surface area contributed by atoms with Gasteiger partial charge in [-0.3, -0.25) is 4.79 Å². The zero-order valence-corrected chi connectivity index (χ0v) is 15.1. The number of para-hydroxylation sites is 1. The SMILES string of the molecule is Cc1ccc(C)c(S(=O)(=O)NCC(=O)Nc2c(C)cccc2C)c1. The number of sulfonamides is 1. The fourth-order valence-corrected chi connectivity index (χ4v) is 3.74. The van der Waals surface area contributed by atoms with E-state index >= 15 is 0 Å². The number of rotatable bonds is 5. The van der Waals surface area contributed by atoms with Crippen molar-refractivity contribution in [2.45, 2.75) is 32.6 Å². The van der Waals surface area contributed by atoms with Crippen molar-refractivity contribution in [2.24, 2.45) is 0 Å². The minimum atomic E-state index is -3.73. The molecule has 24 heavy (non-hydrogen) atoms. The number of benzene rings is 2.